The fourth-order valence-electron chi connectivity index (χ4n) is 3.19. The summed E-state index contributed by atoms with van der Waals surface area (Å²) in [4.78, 5) is 26.8. The first-order valence-corrected chi connectivity index (χ1v) is 13.3. The Bertz CT molecular complexity index is 1370. The Labute approximate surface area is 215 Å². The van der Waals surface area contributed by atoms with E-state index in [0.717, 1.165) is 25.8 Å². The van der Waals surface area contributed by atoms with Gasteiger partial charge in [-0.05, 0) is 76.3 Å². The van der Waals surface area contributed by atoms with Gasteiger partial charge in [-0.3, -0.25) is 14.5 Å². The number of amides is 2. The average molecular weight is 607 g/mol. The second-order valence-corrected chi connectivity index (χ2v) is 10.9. The largest absolute Gasteiger partial charge is 0.493 e. The van der Waals surface area contributed by atoms with E-state index in [1.807, 2.05) is 24.3 Å². The van der Waals surface area contributed by atoms with Crippen LogP contribution in [0.5, 0.6) is 11.5 Å². The first-order chi connectivity index (χ1) is 16.3. The molecule has 10 heteroatoms. The standard InChI is InChI=1S/C24H18INO6S2/c1-31-20-9-5-6-17(22(20)32-34(29,30)19-7-3-2-4-8-19)14-21-23(27)26(24(28)33-21)15-16-10-12-18(25)13-11-16/h2-14H,15H2,1H3/b21-14-. The highest BCUT2D eigenvalue weighted by Gasteiger charge is 2.35. The molecule has 34 heavy (non-hydrogen) atoms. The lowest BCUT2D eigenvalue weighted by Gasteiger charge is -2.14. The van der Waals surface area contributed by atoms with Gasteiger partial charge in [0.2, 0.25) is 0 Å². The molecule has 1 aliphatic heterocycles. The van der Waals surface area contributed by atoms with Crippen LogP contribution in [0, 0.1) is 3.57 Å². The van der Waals surface area contributed by atoms with Crippen LogP contribution < -0.4 is 8.92 Å². The molecule has 0 N–H and O–H groups in total. The summed E-state index contributed by atoms with van der Waals surface area (Å²) in [5, 5.41) is -0.405. The maximum absolute atomic E-state index is 13.0. The zero-order chi connectivity index (χ0) is 24.3. The van der Waals surface area contributed by atoms with E-state index in [9.17, 15) is 18.0 Å². The van der Waals surface area contributed by atoms with Gasteiger partial charge in [0.15, 0.2) is 11.5 Å². The third-order valence-corrected chi connectivity index (χ3v) is 7.73. The van der Waals surface area contributed by atoms with Gasteiger partial charge < -0.3 is 8.92 Å². The van der Waals surface area contributed by atoms with Gasteiger partial charge >= 0.3 is 10.1 Å². The Morgan fingerprint density at radius 1 is 0.971 bits per heavy atom. The number of rotatable bonds is 7. The van der Waals surface area contributed by atoms with Gasteiger partial charge in [-0.2, -0.15) is 8.42 Å². The molecule has 3 aromatic rings. The predicted molar refractivity (Wildman–Crippen MR) is 138 cm³/mol. The molecule has 1 fully saturated rings. The lowest BCUT2D eigenvalue weighted by Crippen LogP contribution is -2.27. The van der Waals surface area contributed by atoms with E-state index in [0.29, 0.717) is 5.56 Å². The lowest BCUT2D eigenvalue weighted by atomic mass is 10.1. The number of imide groups is 1. The Hall–Kier alpha value is -2.83. The van der Waals surface area contributed by atoms with Crippen molar-refractivity contribution >= 4 is 61.7 Å². The molecule has 3 aromatic carbocycles. The molecular weight excluding hydrogens is 589 g/mol. The molecule has 2 amide bonds. The van der Waals surface area contributed by atoms with E-state index in [-0.39, 0.29) is 27.8 Å². The van der Waals surface area contributed by atoms with Crippen molar-refractivity contribution in [1.82, 2.24) is 4.90 Å². The topological polar surface area (TPSA) is 90.0 Å². The van der Waals surface area contributed by atoms with Crippen molar-refractivity contribution < 1.29 is 26.9 Å². The summed E-state index contributed by atoms with van der Waals surface area (Å²) < 4.78 is 37.4. The molecule has 174 valence electrons. The van der Waals surface area contributed by atoms with Crippen LogP contribution in [-0.4, -0.2) is 31.6 Å². The van der Waals surface area contributed by atoms with Crippen LogP contribution >= 0.6 is 34.4 Å². The molecule has 1 saturated heterocycles. The van der Waals surface area contributed by atoms with E-state index in [1.54, 1.807) is 36.4 Å². The smallest absolute Gasteiger partial charge is 0.339 e. The Kier molecular flexibility index (Phi) is 7.29. The molecule has 0 spiro atoms. The number of para-hydroxylation sites is 1. The summed E-state index contributed by atoms with van der Waals surface area (Å²) in [5.74, 6) is -0.363. The molecule has 0 radical (unpaired) electrons. The Morgan fingerprint density at radius 2 is 1.68 bits per heavy atom. The molecule has 0 aliphatic carbocycles. The quantitative estimate of drug-likeness (QED) is 0.205. The first kappa shape index (κ1) is 24.3. The Morgan fingerprint density at radius 3 is 2.35 bits per heavy atom. The number of hydrogen-bond donors (Lipinski definition) is 0. The van der Waals surface area contributed by atoms with Gasteiger partial charge in [0.25, 0.3) is 11.1 Å². The minimum absolute atomic E-state index is 0.0234. The van der Waals surface area contributed by atoms with Gasteiger partial charge in [-0.1, -0.05) is 42.5 Å². The summed E-state index contributed by atoms with van der Waals surface area (Å²) in [7, 11) is -2.78. The maximum Gasteiger partial charge on any atom is 0.339 e. The summed E-state index contributed by atoms with van der Waals surface area (Å²) in [5.41, 5.74) is 1.11. The number of benzene rings is 3. The lowest BCUT2D eigenvalue weighted by molar-refractivity contribution is -0.123. The van der Waals surface area contributed by atoms with E-state index in [4.69, 9.17) is 8.92 Å². The van der Waals surface area contributed by atoms with Crippen molar-refractivity contribution in [1.29, 1.82) is 0 Å². The summed E-state index contributed by atoms with van der Waals surface area (Å²) in [6.45, 7) is 0.142. The van der Waals surface area contributed by atoms with E-state index in [1.165, 1.54) is 25.3 Å². The summed E-state index contributed by atoms with van der Waals surface area (Å²) in [6.07, 6.45) is 1.44. The number of thioether (sulfide) groups is 1. The van der Waals surface area contributed by atoms with Gasteiger partial charge in [-0.25, -0.2) is 0 Å². The third kappa shape index (κ3) is 5.29. The van der Waals surface area contributed by atoms with Crippen LogP contribution in [0.1, 0.15) is 11.1 Å². The number of halogens is 1. The number of hydrogen-bond acceptors (Lipinski definition) is 7. The van der Waals surface area contributed by atoms with Crippen LogP contribution in [0.25, 0.3) is 6.08 Å². The number of carbonyl (C=O) groups excluding carboxylic acids is 2. The SMILES string of the molecule is COc1cccc(/C=C2\SC(=O)N(Cc3ccc(I)cc3)C2=O)c1OS(=O)(=O)c1ccccc1. The van der Waals surface area contributed by atoms with Crippen molar-refractivity contribution in [2.45, 2.75) is 11.4 Å². The van der Waals surface area contributed by atoms with E-state index < -0.39 is 21.3 Å². The van der Waals surface area contributed by atoms with E-state index >= 15 is 0 Å². The van der Waals surface area contributed by atoms with Crippen LogP contribution in [0.15, 0.2) is 82.6 Å². The van der Waals surface area contributed by atoms with Gasteiger partial charge in [-0.15, -0.1) is 0 Å². The van der Waals surface area contributed by atoms with Crippen LogP contribution in [0.2, 0.25) is 0 Å². The molecular formula is C24H18INO6S2. The molecule has 0 aromatic heterocycles. The molecule has 1 heterocycles. The van der Waals surface area contributed by atoms with Gasteiger partial charge in [0.05, 0.1) is 18.6 Å². The molecule has 4 rings (SSSR count). The fourth-order valence-corrected chi connectivity index (χ4v) is 5.36. The Balaban J connectivity index is 1.66. The number of nitrogens with zero attached hydrogens (tertiary/aromatic N) is 1. The highest BCUT2D eigenvalue weighted by molar-refractivity contribution is 14.1. The zero-order valence-electron chi connectivity index (χ0n) is 17.8. The van der Waals surface area contributed by atoms with Gasteiger partial charge in [0, 0.05) is 9.13 Å². The van der Waals surface area contributed by atoms with Crippen molar-refractivity contribution in [3.05, 3.63) is 92.4 Å². The molecule has 0 unspecified atom stereocenters. The van der Waals surface area contributed by atoms with E-state index in [2.05, 4.69) is 22.6 Å². The summed E-state index contributed by atoms with van der Waals surface area (Å²) in [6, 6.07) is 20.0. The van der Waals surface area contributed by atoms with Crippen LogP contribution in [-0.2, 0) is 21.5 Å². The molecule has 0 saturated carbocycles. The van der Waals surface area contributed by atoms with Crippen molar-refractivity contribution in [2.24, 2.45) is 0 Å². The summed E-state index contributed by atoms with van der Waals surface area (Å²) >= 11 is 2.97. The zero-order valence-corrected chi connectivity index (χ0v) is 21.6. The number of carbonyl (C=O) groups is 2. The third-order valence-electron chi connectivity index (χ3n) is 4.87. The minimum atomic E-state index is -4.16. The predicted octanol–water partition coefficient (Wildman–Crippen LogP) is 5.30. The average Bonchev–Trinajstić information content (AvgIpc) is 3.09. The van der Waals surface area contributed by atoms with Crippen molar-refractivity contribution in [2.75, 3.05) is 7.11 Å². The van der Waals surface area contributed by atoms with Crippen molar-refractivity contribution in [3.63, 3.8) is 0 Å². The first-order valence-electron chi connectivity index (χ1n) is 9.95. The molecule has 0 atom stereocenters. The highest BCUT2D eigenvalue weighted by Crippen LogP contribution is 2.39. The number of methoxy groups -OCH3 is 1. The highest BCUT2D eigenvalue weighted by atomic mass is 127. The van der Waals surface area contributed by atoms with Crippen molar-refractivity contribution in [3.8, 4) is 11.5 Å². The minimum Gasteiger partial charge on any atom is -0.493 e. The normalized spacial score (nSPS) is 15.1. The van der Waals surface area contributed by atoms with Crippen LogP contribution in [0.4, 0.5) is 4.79 Å². The second-order valence-electron chi connectivity index (χ2n) is 7.12. The number of ether oxygens (including phenoxy) is 1. The second kappa shape index (κ2) is 10.2. The molecule has 7 nitrogen and oxygen atoms in total. The molecule has 1 aliphatic rings. The van der Waals surface area contributed by atoms with Crippen LogP contribution in [0.3, 0.4) is 0 Å². The fraction of sp³-hybridized carbons (Fsp3) is 0.0833. The monoisotopic (exact) mass is 607 g/mol. The van der Waals surface area contributed by atoms with Gasteiger partial charge in [0.1, 0.15) is 4.90 Å². The maximum atomic E-state index is 13.0. The molecule has 0 bridgehead atoms.